The molecule has 3 aromatic rings. The number of aromatic nitrogens is 3. The van der Waals surface area contributed by atoms with Gasteiger partial charge in [-0.2, -0.15) is 0 Å². The summed E-state index contributed by atoms with van der Waals surface area (Å²) in [4.78, 5) is 27.9. The second-order valence-corrected chi connectivity index (χ2v) is 7.35. The molecule has 1 aliphatic heterocycles. The Labute approximate surface area is 181 Å². The Morgan fingerprint density at radius 3 is 2.81 bits per heavy atom. The van der Waals surface area contributed by atoms with Crippen LogP contribution in [0.2, 0.25) is 0 Å². The monoisotopic (exact) mass is 419 g/mol. The van der Waals surface area contributed by atoms with Gasteiger partial charge in [0.2, 0.25) is 11.9 Å². The van der Waals surface area contributed by atoms with E-state index in [1.54, 1.807) is 32.8 Å². The number of rotatable bonds is 7. The summed E-state index contributed by atoms with van der Waals surface area (Å²) in [6, 6.07) is 11.3. The minimum absolute atomic E-state index is 0.0240. The Morgan fingerprint density at radius 2 is 2.03 bits per heavy atom. The molecule has 0 spiro atoms. The number of ether oxygens (including phenoxy) is 2. The molecule has 160 valence electrons. The summed E-state index contributed by atoms with van der Waals surface area (Å²) >= 11 is 0. The van der Waals surface area contributed by atoms with Crippen LogP contribution >= 0.6 is 0 Å². The average Bonchev–Trinajstić information content (AvgIpc) is 3.28. The number of nitrogens with zero attached hydrogens (tertiary/aromatic N) is 4. The van der Waals surface area contributed by atoms with Crippen molar-refractivity contribution in [3.8, 4) is 22.8 Å². The number of amides is 1. The molecule has 8 nitrogen and oxygen atoms in total. The van der Waals surface area contributed by atoms with Crippen LogP contribution in [-0.2, 0) is 11.2 Å². The van der Waals surface area contributed by atoms with Gasteiger partial charge in [0.05, 0.1) is 26.3 Å². The summed E-state index contributed by atoms with van der Waals surface area (Å²) in [7, 11) is 3.17. The van der Waals surface area contributed by atoms with Crippen molar-refractivity contribution in [3.63, 3.8) is 0 Å². The Morgan fingerprint density at radius 1 is 1.16 bits per heavy atom. The number of anilines is 1. The second-order valence-electron chi connectivity index (χ2n) is 7.35. The van der Waals surface area contributed by atoms with E-state index in [2.05, 4.69) is 25.2 Å². The first-order chi connectivity index (χ1) is 15.2. The molecule has 1 amide bonds. The minimum atomic E-state index is -0.0240. The Hall–Kier alpha value is -3.68. The largest absolute Gasteiger partial charge is 0.493 e. The number of carbonyl (C=O) groups is 1. The van der Waals surface area contributed by atoms with Crippen molar-refractivity contribution in [3.05, 3.63) is 60.6 Å². The van der Waals surface area contributed by atoms with Gasteiger partial charge in [-0.05, 0) is 42.3 Å². The van der Waals surface area contributed by atoms with E-state index in [-0.39, 0.29) is 18.4 Å². The van der Waals surface area contributed by atoms with Crippen LogP contribution in [0.15, 0.2) is 55.0 Å². The van der Waals surface area contributed by atoms with E-state index in [1.807, 2.05) is 36.4 Å². The first-order valence-corrected chi connectivity index (χ1v) is 10.1. The van der Waals surface area contributed by atoms with Crippen LogP contribution in [-0.4, -0.2) is 54.2 Å². The van der Waals surface area contributed by atoms with Gasteiger partial charge in [-0.15, -0.1) is 0 Å². The smallest absolute Gasteiger partial charge is 0.225 e. The molecule has 1 fully saturated rings. The first-order valence-electron chi connectivity index (χ1n) is 10.1. The Balaban J connectivity index is 1.36. The van der Waals surface area contributed by atoms with Crippen molar-refractivity contribution in [1.29, 1.82) is 0 Å². The zero-order valence-corrected chi connectivity index (χ0v) is 17.6. The first kappa shape index (κ1) is 20.6. The molecular weight excluding hydrogens is 394 g/mol. The molecule has 1 aliphatic rings. The predicted octanol–water partition coefficient (Wildman–Crippen LogP) is 2.49. The van der Waals surface area contributed by atoms with Crippen LogP contribution in [0.5, 0.6) is 11.5 Å². The van der Waals surface area contributed by atoms with E-state index < -0.39 is 0 Å². The highest BCUT2D eigenvalue weighted by atomic mass is 16.5. The van der Waals surface area contributed by atoms with Gasteiger partial charge in [-0.25, -0.2) is 9.97 Å². The van der Waals surface area contributed by atoms with Gasteiger partial charge in [0, 0.05) is 43.3 Å². The maximum absolute atomic E-state index is 12.6. The van der Waals surface area contributed by atoms with Crippen LogP contribution in [0.4, 0.5) is 5.95 Å². The highest BCUT2D eigenvalue weighted by Crippen LogP contribution is 2.28. The topological polar surface area (TPSA) is 89.5 Å². The predicted molar refractivity (Wildman–Crippen MR) is 117 cm³/mol. The minimum Gasteiger partial charge on any atom is -0.493 e. The zero-order valence-electron chi connectivity index (χ0n) is 17.6. The van der Waals surface area contributed by atoms with Crippen LogP contribution in [0.1, 0.15) is 12.0 Å². The lowest BCUT2D eigenvalue weighted by atomic mass is 10.1. The quantitative estimate of drug-likeness (QED) is 0.629. The molecule has 0 saturated carbocycles. The molecule has 1 unspecified atom stereocenters. The maximum atomic E-state index is 12.6. The molecule has 1 aromatic carbocycles. The Bertz CT molecular complexity index is 1040. The lowest BCUT2D eigenvalue weighted by Crippen LogP contribution is -2.38. The molecular formula is C23H25N5O3. The fourth-order valence-electron chi connectivity index (χ4n) is 3.69. The van der Waals surface area contributed by atoms with Gasteiger partial charge >= 0.3 is 0 Å². The summed E-state index contributed by atoms with van der Waals surface area (Å²) in [5, 5.41) is 3.12. The van der Waals surface area contributed by atoms with Crippen molar-refractivity contribution in [1.82, 2.24) is 20.3 Å². The summed E-state index contributed by atoms with van der Waals surface area (Å²) in [6.07, 6.45) is 6.41. The van der Waals surface area contributed by atoms with Crippen LogP contribution < -0.4 is 19.7 Å². The van der Waals surface area contributed by atoms with Crippen molar-refractivity contribution in [2.45, 2.75) is 18.9 Å². The molecule has 31 heavy (non-hydrogen) atoms. The number of hydrogen-bond acceptors (Lipinski definition) is 7. The van der Waals surface area contributed by atoms with E-state index in [4.69, 9.17) is 9.47 Å². The van der Waals surface area contributed by atoms with Crippen molar-refractivity contribution in [2.24, 2.45) is 0 Å². The molecule has 8 heteroatoms. The van der Waals surface area contributed by atoms with E-state index in [9.17, 15) is 4.79 Å². The van der Waals surface area contributed by atoms with Gasteiger partial charge in [-0.1, -0.05) is 6.07 Å². The standard InChI is InChI=1S/C23H25N5O3/c1-30-20-6-5-16(12-21(20)31-2)13-22(29)26-18-8-11-28(15-18)23-25-10-7-19(27-23)17-4-3-9-24-14-17/h3-7,9-10,12,14,18H,8,11,13,15H2,1-2H3,(H,26,29). The van der Waals surface area contributed by atoms with Crippen LogP contribution in [0.25, 0.3) is 11.3 Å². The molecule has 0 aliphatic carbocycles. The molecule has 1 N–H and O–H groups in total. The summed E-state index contributed by atoms with van der Waals surface area (Å²) in [6.45, 7) is 1.46. The third-order valence-electron chi connectivity index (χ3n) is 5.25. The van der Waals surface area contributed by atoms with Crippen molar-refractivity contribution < 1.29 is 14.3 Å². The number of nitrogens with one attached hydrogen (secondary N) is 1. The van der Waals surface area contributed by atoms with Gasteiger partial charge in [0.1, 0.15) is 0 Å². The van der Waals surface area contributed by atoms with Gasteiger partial charge in [0.15, 0.2) is 11.5 Å². The molecule has 2 aromatic heterocycles. The third kappa shape index (κ3) is 4.91. The fraction of sp³-hybridized carbons (Fsp3) is 0.304. The van der Waals surface area contributed by atoms with Gasteiger partial charge in [0.25, 0.3) is 0 Å². The maximum Gasteiger partial charge on any atom is 0.225 e. The van der Waals surface area contributed by atoms with Crippen molar-refractivity contribution >= 4 is 11.9 Å². The summed E-state index contributed by atoms with van der Waals surface area (Å²) in [5.41, 5.74) is 2.65. The number of benzene rings is 1. The molecule has 3 heterocycles. The number of carbonyl (C=O) groups excluding carboxylic acids is 1. The summed E-state index contributed by atoms with van der Waals surface area (Å²) in [5.74, 6) is 1.90. The van der Waals surface area contributed by atoms with E-state index in [0.29, 0.717) is 24.0 Å². The number of methoxy groups -OCH3 is 2. The van der Waals surface area contributed by atoms with Crippen LogP contribution in [0.3, 0.4) is 0 Å². The normalized spacial score (nSPS) is 15.5. The lowest BCUT2D eigenvalue weighted by molar-refractivity contribution is -0.121. The second kappa shape index (κ2) is 9.42. The average molecular weight is 419 g/mol. The van der Waals surface area contributed by atoms with E-state index >= 15 is 0 Å². The number of pyridine rings is 1. The van der Waals surface area contributed by atoms with E-state index in [1.165, 1.54) is 0 Å². The van der Waals surface area contributed by atoms with Crippen LogP contribution in [0, 0.1) is 0 Å². The zero-order chi connectivity index (χ0) is 21.6. The van der Waals surface area contributed by atoms with Gasteiger partial charge < -0.3 is 19.7 Å². The highest BCUT2D eigenvalue weighted by Gasteiger charge is 2.26. The fourth-order valence-corrected chi connectivity index (χ4v) is 3.69. The summed E-state index contributed by atoms with van der Waals surface area (Å²) < 4.78 is 10.6. The van der Waals surface area contributed by atoms with E-state index in [0.717, 1.165) is 29.8 Å². The highest BCUT2D eigenvalue weighted by molar-refractivity contribution is 5.79. The number of hydrogen-bond donors (Lipinski definition) is 1. The lowest BCUT2D eigenvalue weighted by Gasteiger charge is -2.17. The van der Waals surface area contributed by atoms with Gasteiger partial charge in [-0.3, -0.25) is 9.78 Å². The van der Waals surface area contributed by atoms with Crippen molar-refractivity contribution in [2.75, 3.05) is 32.2 Å². The molecule has 1 atom stereocenters. The Kier molecular flexibility index (Phi) is 6.26. The molecule has 0 bridgehead atoms. The molecule has 1 saturated heterocycles. The molecule has 4 rings (SSSR count). The molecule has 0 radical (unpaired) electrons. The third-order valence-corrected chi connectivity index (χ3v) is 5.25. The SMILES string of the molecule is COc1ccc(CC(=O)NC2CCN(c3nccc(-c4cccnc4)n3)C2)cc1OC.